The molecule has 0 aromatic rings. The Morgan fingerprint density at radius 3 is 1.12 bits per heavy atom. The fourth-order valence-corrected chi connectivity index (χ4v) is 13.0. The van der Waals surface area contributed by atoms with E-state index < -0.39 is 117 Å². The minimum absolute atomic E-state index is 0.0740. The van der Waals surface area contributed by atoms with Crippen LogP contribution in [0.5, 0.6) is 0 Å². The molecule has 552 valence electrons. The number of hydrogen-bond acceptors (Lipinski definition) is 22. The highest BCUT2D eigenvalue weighted by Crippen LogP contribution is 2.37. The third kappa shape index (κ3) is 33.1. The second-order valence-corrected chi connectivity index (χ2v) is 27.9. The smallest absolute Gasteiger partial charge is 0.325 e. The lowest BCUT2D eigenvalue weighted by Crippen LogP contribution is -2.61. The maximum Gasteiger partial charge on any atom is 0.325 e. The predicted molar refractivity (Wildman–Crippen MR) is 347 cm³/mol. The van der Waals surface area contributed by atoms with Crippen LogP contribution in [0.15, 0.2) is 0 Å². The zero-order chi connectivity index (χ0) is 70.5. The zero-order valence-corrected chi connectivity index (χ0v) is 57.5. The van der Waals surface area contributed by atoms with Gasteiger partial charge in [0.05, 0.1) is 61.4 Å². The lowest BCUT2D eigenvalue weighted by Gasteiger charge is -2.42. The largest absolute Gasteiger partial charge is 0.396 e. The van der Waals surface area contributed by atoms with Crippen molar-refractivity contribution in [3.05, 3.63) is 0 Å². The van der Waals surface area contributed by atoms with E-state index in [1.54, 1.807) is 4.90 Å². The van der Waals surface area contributed by atoms with Crippen molar-refractivity contribution in [2.45, 2.75) is 254 Å². The van der Waals surface area contributed by atoms with Gasteiger partial charge in [0.15, 0.2) is 6.10 Å². The Balaban J connectivity index is 1.50. The van der Waals surface area contributed by atoms with Crippen LogP contribution in [-0.2, 0) is 56.9 Å². The number of nitrogens with one attached hydrogen (secondary N) is 5. The van der Waals surface area contributed by atoms with Gasteiger partial charge in [0.25, 0.3) is 5.91 Å². The first-order valence-corrected chi connectivity index (χ1v) is 36.6. The van der Waals surface area contributed by atoms with Gasteiger partial charge in [-0.15, -0.1) is 0 Å². The van der Waals surface area contributed by atoms with Crippen LogP contribution in [0, 0.1) is 17.8 Å². The van der Waals surface area contributed by atoms with Gasteiger partial charge in [-0.25, -0.2) is 0 Å². The van der Waals surface area contributed by atoms with Gasteiger partial charge in [-0.2, -0.15) is 0 Å². The number of nitrogens with zero attached hydrogens (tertiary/aromatic N) is 2. The summed E-state index contributed by atoms with van der Waals surface area (Å²) in [5.74, 6) is -4.16. The van der Waals surface area contributed by atoms with Gasteiger partial charge in [0, 0.05) is 143 Å². The summed E-state index contributed by atoms with van der Waals surface area (Å²) < 4.78 is 34.8. The van der Waals surface area contributed by atoms with Crippen LogP contribution in [0.4, 0.5) is 0 Å². The number of ether oxygens (including phenoxy) is 3. The third-order valence-corrected chi connectivity index (χ3v) is 18.6. The molecule has 0 spiro atoms. The lowest BCUT2D eigenvalue weighted by molar-refractivity contribution is -0.142. The van der Waals surface area contributed by atoms with Gasteiger partial charge in [0.2, 0.25) is 35.4 Å². The molecular formula is C64H118N7O23P. The Labute approximate surface area is 560 Å². The summed E-state index contributed by atoms with van der Waals surface area (Å²) in [5.41, 5.74) is 0. The summed E-state index contributed by atoms with van der Waals surface area (Å²) in [5, 5.41) is 117. The van der Waals surface area contributed by atoms with Gasteiger partial charge in [-0.05, 0) is 77.0 Å². The molecule has 3 saturated carbocycles. The molecule has 3 aliphatic rings. The van der Waals surface area contributed by atoms with Crippen molar-refractivity contribution in [3.63, 3.8) is 0 Å². The fourth-order valence-electron chi connectivity index (χ4n) is 12.6. The summed E-state index contributed by atoms with van der Waals surface area (Å²) in [6, 6.07) is -2.46. The number of hydrogen-bond donors (Lipinski definition) is 16. The molecule has 3 fully saturated rings. The van der Waals surface area contributed by atoms with Crippen LogP contribution in [-0.4, -0.2) is 278 Å². The van der Waals surface area contributed by atoms with Crippen LogP contribution in [0.25, 0.3) is 0 Å². The second kappa shape index (κ2) is 47.1. The molecule has 0 saturated heterocycles. The van der Waals surface area contributed by atoms with Crippen molar-refractivity contribution in [3.8, 4) is 0 Å². The zero-order valence-electron chi connectivity index (χ0n) is 56.6. The van der Waals surface area contributed by atoms with Crippen molar-refractivity contribution in [1.29, 1.82) is 0 Å². The molecule has 16 N–H and O–H groups in total. The molecular weight excluding hydrogens is 1270 g/mol. The summed E-state index contributed by atoms with van der Waals surface area (Å²) in [4.78, 5) is 101. The molecule has 3 rings (SSSR count). The minimum atomic E-state index is -4.05. The first-order valence-electron chi connectivity index (χ1n) is 34.5. The molecule has 0 aromatic carbocycles. The van der Waals surface area contributed by atoms with Crippen molar-refractivity contribution < 1.29 is 113 Å². The Morgan fingerprint density at radius 2 is 0.768 bits per heavy atom. The van der Waals surface area contributed by atoms with E-state index in [1.165, 1.54) is 25.7 Å². The highest BCUT2D eigenvalue weighted by molar-refractivity contribution is 7.51. The number of amides is 7. The molecule has 0 bridgehead atoms. The first kappa shape index (κ1) is 85.1. The van der Waals surface area contributed by atoms with Gasteiger partial charge in [-0.3, -0.25) is 38.1 Å². The van der Waals surface area contributed by atoms with E-state index in [-0.39, 0.29) is 127 Å². The number of aliphatic hydroxyl groups is 10. The molecule has 7 amide bonds. The molecule has 8 unspecified atom stereocenters. The Bertz CT molecular complexity index is 2280. The van der Waals surface area contributed by atoms with Crippen LogP contribution < -0.4 is 26.6 Å². The average molecular weight is 1380 g/mol. The molecule has 30 nitrogen and oxygen atoms in total. The van der Waals surface area contributed by atoms with E-state index in [4.69, 9.17) is 18.7 Å². The molecule has 0 radical (unpaired) electrons. The fraction of sp³-hybridized carbons (Fsp3) is 0.891. The monoisotopic (exact) mass is 1380 g/mol. The molecule has 3 aliphatic carbocycles. The topological polar surface area (TPSA) is 463 Å². The van der Waals surface area contributed by atoms with Crippen LogP contribution in [0.1, 0.15) is 175 Å². The Morgan fingerprint density at radius 1 is 0.453 bits per heavy atom. The van der Waals surface area contributed by atoms with Crippen molar-refractivity contribution in [1.82, 2.24) is 36.4 Å². The van der Waals surface area contributed by atoms with E-state index in [1.807, 2.05) is 0 Å². The highest BCUT2D eigenvalue weighted by atomic mass is 31.2. The van der Waals surface area contributed by atoms with Gasteiger partial charge in [-0.1, -0.05) is 57.8 Å². The van der Waals surface area contributed by atoms with Crippen molar-refractivity contribution in [2.24, 2.45) is 17.8 Å². The predicted octanol–water partition coefficient (Wildman–Crippen LogP) is -0.868. The number of unbranched alkanes of at least 4 members (excludes halogenated alkanes) is 12. The molecule has 0 aromatic heterocycles. The van der Waals surface area contributed by atoms with E-state index in [9.17, 15) is 94.1 Å². The number of aliphatic hydroxyl groups excluding tert-OH is 10. The van der Waals surface area contributed by atoms with Gasteiger partial charge in [0.1, 0.15) is 18.3 Å². The lowest BCUT2D eigenvalue weighted by atomic mass is 9.79. The van der Waals surface area contributed by atoms with Crippen LogP contribution >= 0.6 is 7.60 Å². The Kier molecular flexibility index (Phi) is 42.2. The standard InChI is InChI=1S/C64H118N7O23P/c1-42(75)67-55-49(35-45(38-72)58(82)61(55)85)91-32-17-11-5-8-14-23-52(79)65-26-20-28-70(54(81)25-16-10-7-13-19-34-93-51-37-47(40-74)60(84)63(87)57(51)69-44(3)77)30-22-31-71(64(88)48(78)41-94-95(4,89)90)29-21-27-66-53(80)24-15-9-6-12-18-33-92-50-36-46(39-73)59(83)62(86)56(50)68-43(2)76/h45-51,55-63,72-74,78,82-87H,5-41H2,1-4H3,(H,65,79)(H,66,80)(H,67,75)(H,68,76)(H,69,77)(H,89,90)/t45?,46?,47?,48?,49-,50-,51-,55-,56-,57-,58+,59+,60+,61?,62?,63?/m1/s1. The highest BCUT2D eigenvalue weighted by Gasteiger charge is 2.47. The second-order valence-electron chi connectivity index (χ2n) is 26.0. The summed E-state index contributed by atoms with van der Waals surface area (Å²) >= 11 is 0. The van der Waals surface area contributed by atoms with Crippen LogP contribution in [0.2, 0.25) is 0 Å². The van der Waals surface area contributed by atoms with E-state index in [0.717, 1.165) is 64.5 Å². The molecule has 0 heterocycles. The number of carbonyl (C=O) groups is 7. The van der Waals surface area contributed by atoms with E-state index >= 15 is 0 Å². The van der Waals surface area contributed by atoms with Crippen LogP contribution in [0.3, 0.4) is 0 Å². The average Bonchev–Trinajstić information content (AvgIpc) is 0.851. The Hall–Kier alpha value is -4.08. The van der Waals surface area contributed by atoms with Crippen molar-refractivity contribution in [2.75, 3.05) is 92.2 Å². The summed E-state index contributed by atoms with van der Waals surface area (Å²) in [6.45, 7) is 5.25. The summed E-state index contributed by atoms with van der Waals surface area (Å²) in [7, 11) is -4.05. The van der Waals surface area contributed by atoms with E-state index in [0.29, 0.717) is 84.2 Å². The first-order chi connectivity index (χ1) is 45.2. The molecule has 95 heavy (non-hydrogen) atoms. The quantitative estimate of drug-likeness (QED) is 0.0260. The maximum atomic E-state index is 13.9. The normalized spacial score (nSPS) is 27.0. The van der Waals surface area contributed by atoms with Gasteiger partial charge < -0.3 is 111 Å². The summed E-state index contributed by atoms with van der Waals surface area (Å²) in [6.07, 6.45) is 2.38. The molecule has 31 heteroatoms. The SMILES string of the molecule is CC(=O)N[C@H]1C(O)[C@@H](O)C(CO)C[C@H]1OCCCCCCCC(=O)NCCCN(CCCN(CCCNC(=O)CCCCCCCO[C@@H]1CC(CO)[C@H](O)C(O)[C@@H]1NC(C)=O)C(=O)C(O)COP(C)(=O)O)C(=O)CCCCCCCO[C@@H]1CC(CO)[C@H](O)C(O)[C@@H]1NC(C)=O. The van der Waals surface area contributed by atoms with E-state index in [2.05, 4.69) is 26.6 Å². The minimum Gasteiger partial charge on any atom is -0.396 e. The number of rotatable bonds is 49. The molecule has 17 atom stereocenters. The molecule has 0 aliphatic heterocycles. The third-order valence-electron chi connectivity index (χ3n) is 18.0. The number of carbonyl (C=O) groups excluding carboxylic acids is 7. The van der Waals surface area contributed by atoms with Crippen molar-refractivity contribution >= 4 is 48.9 Å². The maximum absolute atomic E-state index is 13.9. The van der Waals surface area contributed by atoms with Gasteiger partial charge >= 0.3 is 7.60 Å².